The number of benzene rings is 2. The number of amides is 1. The Morgan fingerprint density at radius 3 is 2.25 bits per heavy atom. The van der Waals surface area contributed by atoms with Gasteiger partial charge in [-0.3, -0.25) is 9.80 Å². The fourth-order valence-electron chi connectivity index (χ4n) is 8.85. The van der Waals surface area contributed by atoms with E-state index in [0.717, 1.165) is 18.4 Å². The molecule has 2 aromatic carbocycles. The highest BCUT2D eigenvalue weighted by Gasteiger charge is 2.67. The second kappa shape index (κ2) is 17.0. The minimum Gasteiger partial charge on any atom is -0.487 e. The number of esters is 2. The molecule has 2 aliphatic heterocycles. The summed E-state index contributed by atoms with van der Waals surface area (Å²) < 4.78 is 47.4. The summed E-state index contributed by atoms with van der Waals surface area (Å²) in [5, 5.41) is 0. The van der Waals surface area contributed by atoms with Crippen LogP contribution in [0.5, 0.6) is 11.5 Å². The quantitative estimate of drug-likeness (QED) is 0.0877. The van der Waals surface area contributed by atoms with Crippen molar-refractivity contribution in [2.24, 2.45) is 17.3 Å². The van der Waals surface area contributed by atoms with Crippen molar-refractivity contribution in [3.05, 3.63) is 59.2 Å². The van der Waals surface area contributed by atoms with Crippen molar-refractivity contribution in [3.8, 4) is 11.5 Å². The molecule has 5 aliphatic rings. The fourth-order valence-corrected chi connectivity index (χ4v) is 8.85. The molecule has 0 spiro atoms. The Balaban J connectivity index is 1.19. The molecule has 2 saturated heterocycles. The van der Waals surface area contributed by atoms with E-state index in [1.165, 1.54) is 19.1 Å². The number of carbonyl (C=O) groups is 4. The molecule has 2 heterocycles. The minimum absolute atomic E-state index is 0.00802. The van der Waals surface area contributed by atoms with Crippen LogP contribution in [0, 0.1) is 17.3 Å². The molecular weight excluding hydrogens is 759 g/mol. The van der Waals surface area contributed by atoms with Gasteiger partial charge in [0, 0.05) is 26.7 Å². The van der Waals surface area contributed by atoms with E-state index in [1.54, 1.807) is 53.7 Å². The molecule has 5 atom stereocenters. The molecule has 2 bridgehead atoms. The maximum Gasteiger partial charge on any atom is 0.514 e. The highest BCUT2D eigenvalue weighted by atomic mass is 16.7. The van der Waals surface area contributed by atoms with Crippen molar-refractivity contribution in [1.82, 2.24) is 9.80 Å². The molecule has 0 N–H and O–H groups in total. The minimum atomic E-state index is -0.982. The maximum atomic E-state index is 14.1. The van der Waals surface area contributed by atoms with E-state index in [2.05, 4.69) is 20.8 Å². The summed E-state index contributed by atoms with van der Waals surface area (Å²) in [4.78, 5) is 56.4. The van der Waals surface area contributed by atoms with Crippen molar-refractivity contribution in [3.63, 3.8) is 0 Å². The zero-order chi connectivity index (χ0) is 43.1. The van der Waals surface area contributed by atoms with Crippen LogP contribution in [0.2, 0.25) is 6.32 Å². The number of aryl methyl sites for hydroxylation is 1. The molecule has 59 heavy (non-hydrogen) atoms. The van der Waals surface area contributed by atoms with Crippen LogP contribution in [0.1, 0.15) is 96.6 Å². The first-order valence-corrected chi connectivity index (χ1v) is 20.6. The van der Waals surface area contributed by atoms with Crippen molar-refractivity contribution in [2.75, 3.05) is 33.8 Å². The van der Waals surface area contributed by atoms with Crippen LogP contribution >= 0.6 is 0 Å². The Kier molecular flexibility index (Phi) is 12.7. The van der Waals surface area contributed by atoms with Gasteiger partial charge in [-0.05, 0) is 108 Å². The van der Waals surface area contributed by atoms with Gasteiger partial charge in [0.15, 0.2) is 5.75 Å². The summed E-state index contributed by atoms with van der Waals surface area (Å²) in [7, 11) is 2.28. The normalized spacial score (nSPS) is 24.1. The summed E-state index contributed by atoms with van der Waals surface area (Å²) in [6.45, 7) is 18.1. The topological polar surface area (TPSA) is 149 Å². The fraction of sp³-hybridized carbons (Fsp3) is 0.636. The second-order valence-corrected chi connectivity index (χ2v) is 19.1. The van der Waals surface area contributed by atoms with Crippen molar-refractivity contribution >= 4 is 31.3 Å². The first kappa shape index (κ1) is 44.2. The van der Waals surface area contributed by atoms with Crippen LogP contribution in [0.15, 0.2) is 42.5 Å². The summed E-state index contributed by atoms with van der Waals surface area (Å²) in [5.41, 5.74) is -0.618. The number of carbonyl (C=O) groups excluding carboxylic acids is 4. The number of likely N-dealkylation sites (N-methyl/N-ethyl adjacent to an activating group) is 1. The van der Waals surface area contributed by atoms with E-state index in [0.29, 0.717) is 43.2 Å². The summed E-state index contributed by atoms with van der Waals surface area (Å²) in [5.74, 6) is -0.180. The van der Waals surface area contributed by atoms with Crippen molar-refractivity contribution < 1.29 is 56.9 Å². The molecule has 322 valence electrons. The van der Waals surface area contributed by atoms with E-state index in [9.17, 15) is 19.2 Å². The van der Waals surface area contributed by atoms with Crippen LogP contribution in [-0.2, 0) is 46.1 Å². The lowest BCUT2D eigenvalue weighted by Gasteiger charge is -2.64. The predicted octanol–water partition coefficient (Wildman–Crippen LogP) is 7.10. The predicted molar refractivity (Wildman–Crippen MR) is 218 cm³/mol. The smallest absolute Gasteiger partial charge is 0.487 e. The van der Waals surface area contributed by atoms with E-state index in [1.807, 2.05) is 35.2 Å². The summed E-state index contributed by atoms with van der Waals surface area (Å²) >= 11 is 0. The number of rotatable bonds is 13. The third-order valence-electron chi connectivity index (χ3n) is 12.1. The Hall–Kier alpha value is -4.34. The maximum absolute atomic E-state index is 14.1. The van der Waals surface area contributed by atoms with Crippen LogP contribution in [0.4, 0.5) is 9.59 Å². The van der Waals surface area contributed by atoms with Gasteiger partial charge in [-0.25, -0.2) is 19.2 Å². The number of hydrogen-bond donors (Lipinski definition) is 0. The Labute approximate surface area is 348 Å². The molecule has 0 aromatic heterocycles. The molecular formula is C44H61BN2O12. The van der Waals surface area contributed by atoms with Gasteiger partial charge >= 0.3 is 31.3 Å². The van der Waals surface area contributed by atoms with Gasteiger partial charge in [-0.1, -0.05) is 50.2 Å². The summed E-state index contributed by atoms with van der Waals surface area (Å²) in [6, 6.07) is 11.7. The molecule has 14 nitrogen and oxygen atoms in total. The van der Waals surface area contributed by atoms with E-state index in [4.69, 9.17) is 37.7 Å². The lowest BCUT2D eigenvalue weighted by molar-refractivity contribution is -0.199. The van der Waals surface area contributed by atoms with Gasteiger partial charge in [-0.2, -0.15) is 0 Å². The van der Waals surface area contributed by atoms with E-state index < -0.39 is 54.7 Å². The van der Waals surface area contributed by atoms with Gasteiger partial charge in [0.1, 0.15) is 41.3 Å². The molecule has 3 aliphatic carbocycles. The summed E-state index contributed by atoms with van der Waals surface area (Å²) in [6.07, 6.45) is 0.830. The van der Waals surface area contributed by atoms with Crippen LogP contribution in [-0.4, -0.2) is 110 Å². The molecule has 1 amide bonds. The van der Waals surface area contributed by atoms with Gasteiger partial charge in [0.25, 0.3) is 0 Å². The third kappa shape index (κ3) is 10.0. The number of ether oxygens (including phenoxy) is 6. The van der Waals surface area contributed by atoms with Crippen molar-refractivity contribution in [2.45, 2.75) is 130 Å². The molecule has 5 fully saturated rings. The van der Waals surface area contributed by atoms with Gasteiger partial charge in [0.05, 0.1) is 18.8 Å². The monoisotopic (exact) mass is 820 g/mol. The van der Waals surface area contributed by atoms with Crippen LogP contribution < -0.4 is 9.47 Å². The average Bonchev–Trinajstić information content (AvgIpc) is 3.48. The largest absolute Gasteiger partial charge is 0.514 e. The average molecular weight is 821 g/mol. The van der Waals surface area contributed by atoms with Crippen LogP contribution in [0.3, 0.4) is 0 Å². The number of likely N-dealkylation sites (tertiary alicyclic amines) is 1. The Morgan fingerprint density at radius 2 is 1.63 bits per heavy atom. The number of methoxy groups -OCH3 is 1. The molecule has 0 radical (unpaired) electrons. The lowest BCUT2D eigenvalue weighted by Crippen LogP contribution is -2.65. The highest BCUT2D eigenvalue weighted by Crippen LogP contribution is 2.65. The van der Waals surface area contributed by atoms with Crippen LogP contribution in [0.25, 0.3) is 0 Å². The number of nitrogens with zero attached hydrogens (tertiary/aromatic N) is 2. The molecule has 3 saturated carbocycles. The Morgan fingerprint density at radius 1 is 0.949 bits per heavy atom. The second-order valence-electron chi connectivity index (χ2n) is 19.1. The van der Waals surface area contributed by atoms with E-state index in [-0.39, 0.29) is 47.3 Å². The van der Waals surface area contributed by atoms with Gasteiger partial charge in [0.2, 0.25) is 0 Å². The highest BCUT2D eigenvalue weighted by molar-refractivity contribution is 6.45. The molecule has 15 heteroatoms. The Bertz CT molecular complexity index is 1870. The van der Waals surface area contributed by atoms with E-state index >= 15 is 0 Å². The van der Waals surface area contributed by atoms with Gasteiger partial charge < -0.3 is 37.7 Å². The standard InChI is InChI=1S/C44H61BN2O12/c1-41(2,3)56-38(49)35-32(54-30-23-47(24-30)25-31(37(48)52-11)46(10)39(50)53-26-27-15-13-12-14-16-27)18-17-28(36(35)55-40(51)57-42(4,5)6)19-20-45-58-34-22-29-21-33(43(29,7)8)44(34,9)59-45/h12-18,29-31,33-34H,19-26H2,1-11H3/t29-,31?,33-,34+,44-/m0/s1. The lowest BCUT2D eigenvalue weighted by atomic mass is 9.43. The zero-order valence-electron chi connectivity index (χ0n) is 36.5. The molecule has 1 unspecified atom stereocenters. The molecule has 2 aromatic rings. The third-order valence-corrected chi connectivity index (χ3v) is 12.1. The van der Waals surface area contributed by atoms with Crippen molar-refractivity contribution in [1.29, 1.82) is 0 Å². The number of hydrogen-bond acceptors (Lipinski definition) is 13. The van der Waals surface area contributed by atoms with Gasteiger partial charge in [-0.15, -0.1) is 0 Å². The first-order chi connectivity index (χ1) is 27.6. The zero-order valence-corrected chi connectivity index (χ0v) is 36.5. The first-order valence-electron chi connectivity index (χ1n) is 20.6. The molecule has 7 rings (SSSR count). The SMILES string of the molecule is COC(=O)C(CN1CC(Oc2ccc(CCB3O[C@@H]4C[C@@H]5C[C@@H](C5(C)C)[C@]4(C)O3)c(OC(=O)OC(C)(C)C)c2C(=O)OC(C)(C)C)C1)N(C)C(=O)OCc1ccccc1.